The Morgan fingerprint density at radius 1 is 1.17 bits per heavy atom. The first kappa shape index (κ1) is 25.9. The van der Waals surface area contributed by atoms with Crippen molar-refractivity contribution in [2.24, 2.45) is 4.99 Å². The van der Waals surface area contributed by atoms with Crippen molar-refractivity contribution in [1.82, 2.24) is 15.5 Å². The molecule has 2 N–H and O–H groups in total. The van der Waals surface area contributed by atoms with Crippen LogP contribution in [0.15, 0.2) is 23.2 Å². The second kappa shape index (κ2) is 15.7. The van der Waals surface area contributed by atoms with Gasteiger partial charge in [0.2, 0.25) is 0 Å². The molecule has 1 aromatic rings. The van der Waals surface area contributed by atoms with E-state index < -0.39 is 0 Å². The molecule has 0 atom stereocenters. The summed E-state index contributed by atoms with van der Waals surface area (Å²) >= 11 is 0. The number of nitrogens with zero attached hydrogens (tertiary/aromatic N) is 2. The van der Waals surface area contributed by atoms with E-state index in [9.17, 15) is 0 Å². The lowest BCUT2D eigenvalue weighted by Gasteiger charge is -2.26. The highest BCUT2D eigenvalue weighted by molar-refractivity contribution is 14.0. The lowest BCUT2D eigenvalue weighted by Crippen LogP contribution is -2.44. The molecule has 29 heavy (non-hydrogen) atoms. The summed E-state index contributed by atoms with van der Waals surface area (Å²) in [5.74, 6) is 1.71. The lowest BCUT2D eigenvalue weighted by molar-refractivity contribution is 0.0389. The van der Waals surface area contributed by atoms with Crippen LogP contribution in [0.3, 0.4) is 0 Å². The van der Waals surface area contributed by atoms with Gasteiger partial charge < -0.3 is 24.8 Å². The molecule has 1 aromatic carbocycles. The molecule has 0 spiro atoms. The SMILES string of the molecule is CCNC(=NCc1ccc(C)cc1OCCOCC)NCCN1CCOCC1.I. The third-order valence-corrected chi connectivity index (χ3v) is 4.49. The van der Waals surface area contributed by atoms with Crippen molar-refractivity contribution in [2.75, 3.05) is 65.8 Å². The minimum absolute atomic E-state index is 0. The highest BCUT2D eigenvalue weighted by atomic mass is 127. The molecule has 1 aliphatic rings. The van der Waals surface area contributed by atoms with Crippen LogP contribution in [-0.2, 0) is 16.0 Å². The molecule has 7 nitrogen and oxygen atoms in total. The van der Waals surface area contributed by atoms with E-state index in [0.29, 0.717) is 26.4 Å². The minimum atomic E-state index is 0. The van der Waals surface area contributed by atoms with Crippen LogP contribution in [0, 0.1) is 6.92 Å². The molecule has 0 amide bonds. The van der Waals surface area contributed by atoms with Crippen LogP contribution in [-0.4, -0.2) is 76.6 Å². The molecule has 0 bridgehead atoms. The Balaban J connectivity index is 0.00000420. The van der Waals surface area contributed by atoms with Crippen molar-refractivity contribution < 1.29 is 14.2 Å². The maximum atomic E-state index is 5.92. The number of morpholine rings is 1. The van der Waals surface area contributed by atoms with E-state index in [-0.39, 0.29) is 24.0 Å². The zero-order valence-corrected chi connectivity index (χ0v) is 20.4. The van der Waals surface area contributed by atoms with Crippen LogP contribution in [0.1, 0.15) is 25.0 Å². The third kappa shape index (κ3) is 10.5. The van der Waals surface area contributed by atoms with E-state index in [2.05, 4.69) is 47.6 Å². The predicted molar refractivity (Wildman–Crippen MR) is 129 cm³/mol. The van der Waals surface area contributed by atoms with Crippen molar-refractivity contribution in [3.8, 4) is 5.75 Å². The summed E-state index contributed by atoms with van der Waals surface area (Å²) in [6, 6.07) is 6.25. The van der Waals surface area contributed by atoms with Gasteiger partial charge in [0.25, 0.3) is 0 Å². The van der Waals surface area contributed by atoms with Gasteiger partial charge in [-0.25, -0.2) is 4.99 Å². The molecular weight excluding hydrogens is 483 g/mol. The summed E-state index contributed by atoms with van der Waals surface area (Å²) in [7, 11) is 0. The van der Waals surface area contributed by atoms with E-state index in [4.69, 9.17) is 19.2 Å². The van der Waals surface area contributed by atoms with Crippen molar-refractivity contribution in [3.05, 3.63) is 29.3 Å². The molecule has 166 valence electrons. The lowest BCUT2D eigenvalue weighted by atomic mass is 10.1. The molecule has 0 aliphatic carbocycles. The first-order valence-electron chi connectivity index (χ1n) is 10.3. The maximum Gasteiger partial charge on any atom is 0.191 e. The highest BCUT2D eigenvalue weighted by Gasteiger charge is 2.10. The Hall–Kier alpha value is -1.10. The zero-order valence-electron chi connectivity index (χ0n) is 18.0. The molecule has 1 saturated heterocycles. The van der Waals surface area contributed by atoms with Crippen LogP contribution in [0.5, 0.6) is 5.75 Å². The number of halogens is 1. The van der Waals surface area contributed by atoms with E-state index in [1.807, 2.05) is 6.92 Å². The number of ether oxygens (including phenoxy) is 3. The molecule has 1 aliphatic heterocycles. The Morgan fingerprint density at radius 2 is 1.97 bits per heavy atom. The zero-order chi connectivity index (χ0) is 20.0. The third-order valence-electron chi connectivity index (χ3n) is 4.49. The molecule has 2 rings (SSSR count). The van der Waals surface area contributed by atoms with Crippen LogP contribution < -0.4 is 15.4 Å². The van der Waals surface area contributed by atoms with Gasteiger partial charge in [0.05, 0.1) is 26.4 Å². The van der Waals surface area contributed by atoms with Crippen molar-refractivity contribution in [2.45, 2.75) is 27.3 Å². The minimum Gasteiger partial charge on any atom is -0.491 e. The number of guanidine groups is 1. The summed E-state index contributed by atoms with van der Waals surface area (Å²) in [5, 5.41) is 6.74. The second-order valence-corrected chi connectivity index (χ2v) is 6.73. The van der Waals surface area contributed by atoms with E-state index in [1.54, 1.807) is 0 Å². The monoisotopic (exact) mass is 520 g/mol. The number of hydrogen-bond acceptors (Lipinski definition) is 5. The molecule has 1 fully saturated rings. The Kier molecular flexibility index (Phi) is 14.0. The van der Waals surface area contributed by atoms with Crippen LogP contribution >= 0.6 is 24.0 Å². The van der Waals surface area contributed by atoms with Crippen molar-refractivity contribution in [3.63, 3.8) is 0 Å². The Morgan fingerprint density at radius 3 is 2.69 bits per heavy atom. The summed E-state index contributed by atoms with van der Waals surface area (Å²) in [6.45, 7) is 14.9. The first-order valence-corrected chi connectivity index (χ1v) is 10.3. The number of benzene rings is 1. The summed E-state index contributed by atoms with van der Waals surface area (Å²) in [4.78, 5) is 7.15. The fourth-order valence-corrected chi connectivity index (χ4v) is 2.94. The van der Waals surface area contributed by atoms with Crippen LogP contribution in [0.4, 0.5) is 0 Å². The Bertz CT molecular complexity index is 595. The number of rotatable bonds is 11. The van der Waals surface area contributed by atoms with Crippen LogP contribution in [0.2, 0.25) is 0 Å². The number of nitrogens with one attached hydrogen (secondary N) is 2. The fourth-order valence-electron chi connectivity index (χ4n) is 2.94. The van der Waals surface area contributed by atoms with E-state index >= 15 is 0 Å². The molecule has 8 heteroatoms. The van der Waals surface area contributed by atoms with Gasteiger partial charge in [-0.1, -0.05) is 12.1 Å². The summed E-state index contributed by atoms with van der Waals surface area (Å²) in [5.41, 5.74) is 2.25. The number of hydrogen-bond donors (Lipinski definition) is 2. The first-order chi connectivity index (χ1) is 13.7. The normalized spacial score (nSPS) is 14.9. The fraction of sp³-hybridized carbons (Fsp3) is 0.667. The highest BCUT2D eigenvalue weighted by Crippen LogP contribution is 2.21. The average molecular weight is 520 g/mol. The topological polar surface area (TPSA) is 67.4 Å². The molecule has 0 radical (unpaired) electrons. The molecule has 1 heterocycles. The molecule has 0 saturated carbocycles. The quantitative estimate of drug-likeness (QED) is 0.202. The van der Waals surface area contributed by atoms with Crippen molar-refractivity contribution >= 4 is 29.9 Å². The predicted octanol–water partition coefficient (Wildman–Crippen LogP) is 2.42. The molecular formula is C21H37IN4O3. The summed E-state index contributed by atoms with van der Waals surface area (Å²) < 4.78 is 16.7. The molecule has 0 aromatic heterocycles. The van der Waals surface area contributed by atoms with Gasteiger partial charge >= 0.3 is 0 Å². The number of aryl methyl sites for hydroxylation is 1. The van der Waals surface area contributed by atoms with Gasteiger partial charge in [-0.2, -0.15) is 0 Å². The number of aliphatic imine (C=N–C) groups is 1. The van der Waals surface area contributed by atoms with Gasteiger partial charge in [-0.05, 0) is 32.4 Å². The van der Waals surface area contributed by atoms with Gasteiger partial charge in [0.15, 0.2) is 5.96 Å². The van der Waals surface area contributed by atoms with Gasteiger partial charge in [0.1, 0.15) is 12.4 Å². The maximum absolute atomic E-state index is 5.92. The summed E-state index contributed by atoms with van der Waals surface area (Å²) in [6.07, 6.45) is 0. The van der Waals surface area contributed by atoms with Gasteiger partial charge in [-0.3, -0.25) is 4.90 Å². The van der Waals surface area contributed by atoms with E-state index in [0.717, 1.165) is 63.2 Å². The standard InChI is InChI=1S/C21H36N4O3.HI/c1-4-22-21(23-8-9-25-10-12-27-13-11-25)24-17-19-7-6-18(3)16-20(19)28-15-14-26-5-2;/h6-7,16H,4-5,8-15,17H2,1-3H3,(H2,22,23,24);1H. The molecule has 0 unspecified atom stereocenters. The largest absolute Gasteiger partial charge is 0.491 e. The van der Waals surface area contributed by atoms with Gasteiger partial charge in [-0.15, -0.1) is 24.0 Å². The Labute approximate surface area is 192 Å². The van der Waals surface area contributed by atoms with E-state index in [1.165, 1.54) is 5.56 Å². The average Bonchev–Trinajstić information content (AvgIpc) is 2.71. The van der Waals surface area contributed by atoms with Gasteiger partial charge in [0, 0.05) is 44.9 Å². The second-order valence-electron chi connectivity index (χ2n) is 6.73. The smallest absolute Gasteiger partial charge is 0.191 e. The van der Waals surface area contributed by atoms with Crippen LogP contribution in [0.25, 0.3) is 0 Å². The van der Waals surface area contributed by atoms with Crippen molar-refractivity contribution in [1.29, 1.82) is 0 Å².